The molecule has 98 valence electrons. The molecule has 0 radical (unpaired) electrons. The third kappa shape index (κ3) is 4.59. The molecule has 18 heavy (non-hydrogen) atoms. The zero-order valence-electron chi connectivity index (χ0n) is 10.8. The summed E-state index contributed by atoms with van der Waals surface area (Å²) in [5.41, 5.74) is 1.80. The van der Waals surface area contributed by atoms with Gasteiger partial charge in [0.1, 0.15) is 11.9 Å². The number of rotatable bonds is 6. The quantitative estimate of drug-likeness (QED) is 0.788. The number of methoxy groups -OCH3 is 1. The van der Waals surface area contributed by atoms with Crippen LogP contribution in [0.3, 0.4) is 0 Å². The number of benzene rings is 1. The van der Waals surface area contributed by atoms with Crippen LogP contribution in [0.1, 0.15) is 18.1 Å². The van der Waals surface area contributed by atoms with Gasteiger partial charge in [0, 0.05) is 18.7 Å². The van der Waals surface area contributed by atoms with Crippen molar-refractivity contribution in [1.29, 1.82) is 0 Å². The molecule has 0 aromatic heterocycles. The van der Waals surface area contributed by atoms with E-state index in [1.807, 2.05) is 32.0 Å². The lowest BCUT2D eigenvalue weighted by molar-refractivity contribution is -0.131. The van der Waals surface area contributed by atoms with E-state index in [2.05, 4.69) is 0 Å². The van der Waals surface area contributed by atoms with Gasteiger partial charge in [-0.3, -0.25) is 0 Å². The van der Waals surface area contributed by atoms with Gasteiger partial charge in [0.15, 0.2) is 0 Å². The monoisotopic (exact) mass is 250 g/mol. The first-order valence-corrected chi connectivity index (χ1v) is 5.70. The number of carboxylic acid groups (broad SMARTS) is 1. The van der Waals surface area contributed by atoms with E-state index in [1.165, 1.54) is 6.08 Å². The summed E-state index contributed by atoms with van der Waals surface area (Å²) >= 11 is 0. The Morgan fingerprint density at radius 3 is 2.83 bits per heavy atom. The number of aryl methyl sites for hydroxylation is 1. The Balaban J connectivity index is 2.92. The second-order valence-electron chi connectivity index (χ2n) is 4.10. The highest BCUT2D eigenvalue weighted by Gasteiger charge is 2.07. The van der Waals surface area contributed by atoms with Crippen molar-refractivity contribution in [3.63, 3.8) is 0 Å². The maximum Gasteiger partial charge on any atom is 0.328 e. The third-order valence-electron chi connectivity index (χ3n) is 2.30. The van der Waals surface area contributed by atoms with Gasteiger partial charge in [-0.05, 0) is 32.1 Å². The van der Waals surface area contributed by atoms with Crippen LogP contribution in [-0.4, -0.2) is 30.9 Å². The Morgan fingerprint density at radius 1 is 1.50 bits per heavy atom. The summed E-state index contributed by atoms with van der Waals surface area (Å²) in [5.74, 6) is -0.324. The lowest BCUT2D eigenvalue weighted by Crippen LogP contribution is -2.18. The second kappa shape index (κ2) is 6.81. The maximum atomic E-state index is 10.5. The number of carbonyl (C=O) groups is 1. The number of carboxylic acids is 1. The molecule has 0 fully saturated rings. The number of ether oxygens (including phenoxy) is 2. The fourth-order valence-electron chi connectivity index (χ4n) is 1.55. The van der Waals surface area contributed by atoms with E-state index in [1.54, 1.807) is 7.11 Å². The van der Waals surface area contributed by atoms with Crippen LogP contribution in [-0.2, 0) is 9.53 Å². The fraction of sp³-hybridized carbons (Fsp3) is 0.357. The molecule has 0 amide bonds. The molecule has 0 aliphatic heterocycles. The van der Waals surface area contributed by atoms with Gasteiger partial charge in [-0.1, -0.05) is 11.6 Å². The van der Waals surface area contributed by atoms with Crippen molar-refractivity contribution >= 4 is 12.0 Å². The van der Waals surface area contributed by atoms with E-state index in [-0.39, 0.29) is 6.10 Å². The average Bonchev–Trinajstić information content (AvgIpc) is 2.29. The molecule has 0 spiro atoms. The van der Waals surface area contributed by atoms with Gasteiger partial charge in [0.05, 0.1) is 6.61 Å². The topological polar surface area (TPSA) is 55.8 Å². The molecule has 4 heteroatoms. The normalized spacial score (nSPS) is 12.6. The molecule has 0 aliphatic carbocycles. The Kier molecular flexibility index (Phi) is 5.39. The van der Waals surface area contributed by atoms with Crippen LogP contribution < -0.4 is 4.74 Å². The minimum atomic E-state index is -0.979. The number of aliphatic carboxylic acids is 1. The Bertz CT molecular complexity index is 437. The number of hydrogen-bond acceptors (Lipinski definition) is 3. The molecular formula is C14H18O4. The van der Waals surface area contributed by atoms with Crippen molar-refractivity contribution in [3.05, 3.63) is 35.4 Å². The van der Waals surface area contributed by atoms with E-state index in [4.69, 9.17) is 14.6 Å². The SMILES string of the molecule is COCC(C)Oc1ccc(C)cc1C=CC(=O)O. The first-order chi connectivity index (χ1) is 8.52. The van der Waals surface area contributed by atoms with Crippen molar-refractivity contribution < 1.29 is 19.4 Å². The largest absolute Gasteiger partial charge is 0.488 e. The summed E-state index contributed by atoms with van der Waals surface area (Å²) < 4.78 is 10.7. The lowest BCUT2D eigenvalue weighted by Gasteiger charge is -2.16. The van der Waals surface area contributed by atoms with Crippen LogP contribution >= 0.6 is 0 Å². The van der Waals surface area contributed by atoms with Gasteiger partial charge in [-0.2, -0.15) is 0 Å². The molecule has 4 nitrogen and oxygen atoms in total. The van der Waals surface area contributed by atoms with Crippen molar-refractivity contribution in [2.24, 2.45) is 0 Å². The van der Waals surface area contributed by atoms with Crippen LogP contribution in [0.2, 0.25) is 0 Å². The highest BCUT2D eigenvalue weighted by Crippen LogP contribution is 2.22. The summed E-state index contributed by atoms with van der Waals surface area (Å²) in [5, 5.41) is 8.65. The molecule has 0 bridgehead atoms. The van der Waals surface area contributed by atoms with Gasteiger partial charge in [-0.25, -0.2) is 4.79 Å². The minimum absolute atomic E-state index is 0.0883. The van der Waals surface area contributed by atoms with Gasteiger partial charge in [0.25, 0.3) is 0 Å². The molecule has 0 heterocycles. The fourth-order valence-corrected chi connectivity index (χ4v) is 1.55. The molecule has 0 aliphatic rings. The first kappa shape index (κ1) is 14.3. The van der Waals surface area contributed by atoms with Gasteiger partial charge >= 0.3 is 5.97 Å². The molecule has 1 aromatic carbocycles. The first-order valence-electron chi connectivity index (χ1n) is 5.70. The van der Waals surface area contributed by atoms with Crippen molar-refractivity contribution in [3.8, 4) is 5.75 Å². The predicted molar refractivity (Wildman–Crippen MR) is 69.8 cm³/mol. The standard InChI is InChI=1S/C14H18O4/c1-10-4-6-13(18-11(2)9-17-3)12(8-10)5-7-14(15)16/h4-8,11H,9H2,1-3H3,(H,15,16). The second-order valence-corrected chi connectivity index (χ2v) is 4.10. The highest BCUT2D eigenvalue weighted by atomic mass is 16.5. The average molecular weight is 250 g/mol. The Morgan fingerprint density at radius 2 is 2.22 bits per heavy atom. The molecule has 1 aromatic rings. The van der Waals surface area contributed by atoms with Gasteiger partial charge < -0.3 is 14.6 Å². The summed E-state index contributed by atoms with van der Waals surface area (Å²) in [7, 11) is 1.61. The molecule has 0 saturated heterocycles. The molecule has 1 unspecified atom stereocenters. The van der Waals surface area contributed by atoms with E-state index < -0.39 is 5.97 Å². The molecule has 1 atom stereocenters. The van der Waals surface area contributed by atoms with Gasteiger partial charge in [0.2, 0.25) is 0 Å². The molecule has 1 rings (SSSR count). The molecular weight excluding hydrogens is 232 g/mol. The third-order valence-corrected chi connectivity index (χ3v) is 2.30. The van der Waals surface area contributed by atoms with Crippen molar-refractivity contribution in [2.75, 3.05) is 13.7 Å². The van der Waals surface area contributed by atoms with Crippen LogP contribution in [0.5, 0.6) is 5.75 Å². The summed E-state index contributed by atoms with van der Waals surface area (Å²) in [6.07, 6.45) is 2.54. The van der Waals surface area contributed by atoms with Crippen LogP contribution in [0, 0.1) is 6.92 Å². The zero-order chi connectivity index (χ0) is 13.5. The highest BCUT2D eigenvalue weighted by molar-refractivity contribution is 5.85. The summed E-state index contributed by atoms with van der Waals surface area (Å²) in [6, 6.07) is 5.64. The van der Waals surface area contributed by atoms with Gasteiger partial charge in [-0.15, -0.1) is 0 Å². The Labute approximate surface area is 107 Å². The zero-order valence-corrected chi connectivity index (χ0v) is 10.8. The van der Waals surface area contributed by atoms with Crippen molar-refractivity contribution in [1.82, 2.24) is 0 Å². The van der Waals surface area contributed by atoms with E-state index in [0.29, 0.717) is 12.4 Å². The minimum Gasteiger partial charge on any atom is -0.488 e. The van der Waals surface area contributed by atoms with Crippen LogP contribution in [0.4, 0.5) is 0 Å². The molecule has 0 saturated carbocycles. The van der Waals surface area contributed by atoms with E-state index >= 15 is 0 Å². The van der Waals surface area contributed by atoms with Crippen molar-refractivity contribution in [2.45, 2.75) is 20.0 Å². The van der Waals surface area contributed by atoms with Crippen LogP contribution in [0.25, 0.3) is 6.08 Å². The number of hydrogen-bond donors (Lipinski definition) is 1. The lowest BCUT2D eigenvalue weighted by atomic mass is 10.1. The predicted octanol–water partition coefficient (Wildman–Crippen LogP) is 2.51. The summed E-state index contributed by atoms with van der Waals surface area (Å²) in [4.78, 5) is 10.5. The Hall–Kier alpha value is -1.81. The molecule has 1 N–H and O–H groups in total. The van der Waals surface area contributed by atoms with E-state index in [9.17, 15) is 4.79 Å². The maximum absolute atomic E-state index is 10.5. The summed E-state index contributed by atoms with van der Waals surface area (Å²) in [6.45, 7) is 4.32. The van der Waals surface area contributed by atoms with E-state index in [0.717, 1.165) is 17.2 Å². The smallest absolute Gasteiger partial charge is 0.328 e. The van der Waals surface area contributed by atoms with Crippen LogP contribution in [0.15, 0.2) is 24.3 Å².